The van der Waals surface area contributed by atoms with Crippen molar-refractivity contribution in [2.45, 2.75) is 40.2 Å². The van der Waals surface area contributed by atoms with Gasteiger partial charge in [0.05, 0.1) is 6.26 Å². The van der Waals surface area contributed by atoms with E-state index in [-0.39, 0.29) is 17.2 Å². The summed E-state index contributed by atoms with van der Waals surface area (Å²) in [6.07, 6.45) is 2.61. The molecule has 1 aliphatic rings. The highest BCUT2D eigenvalue weighted by molar-refractivity contribution is 5.92. The van der Waals surface area contributed by atoms with Crippen LogP contribution >= 0.6 is 0 Å². The van der Waals surface area contributed by atoms with Gasteiger partial charge in [0.1, 0.15) is 11.5 Å². The van der Waals surface area contributed by atoms with Gasteiger partial charge in [0.2, 0.25) is 5.91 Å². The zero-order valence-corrected chi connectivity index (χ0v) is 17.5. The maximum Gasteiger partial charge on any atom is 0.289 e. The van der Waals surface area contributed by atoms with Gasteiger partial charge in [0.25, 0.3) is 5.91 Å². The normalized spacial score (nSPS) is 13.8. The smallest absolute Gasteiger partial charge is 0.289 e. The number of benzene rings is 1. The Morgan fingerprint density at radius 3 is 2.70 bits per heavy atom. The van der Waals surface area contributed by atoms with Crippen LogP contribution < -0.4 is 5.32 Å². The maximum atomic E-state index is 12.6. The van der Waals surface area contributed by atoms with Gasteiger partial charge in [-0.1, -0.05) is 32.9 Å². The van der Waals surface area contributed by atoms with Crippen molar-refractivity contribution in [2.24, 2.45) is 5.41 Å². The number of anilines is 1. The molecule has 0 unspecified atom stereocenters. The molecule has 6 heteroatoms. The zero-order valence-electron chi connectivity index (χ0n) is 17.5. The summed E-state index contributed by atoms with van der Waals surface area (Å²) in [6, 6.07) is 13.0. The first-order valence-electron chi connectivity index (χ1n) is 10.1. The number of hydrogen-bond acceptors (Lipinski definition) is 4. The Bertz CT molecular complexity index is 1060. The summed E-state index contributed by atoms with van der Waals surface area (Å²) in [5.74, 6) is 1.86. The van der Waals surface area contributed by atoms with Crippen LogP contribution in [-0.4, -0.2) is 23.3 Å². The first-order chi connectivity index (χ1) is 14.3. The summed E-state index contributed by atoms with van der Waals surface area (Å²) in [4.78, 5) is 26.6. The highest BCUT2D eigenvalue weighted by atomic mass is 16.3. The summed E-state index contributed by atoms with van der Waals surface area (Å²) in [6.45, 7) is 7.19. The van der Waals surface area contributed by atoms with Gasteiger partial charge in [-0.15, -0.1) is 0 Å². The van der Waals surface area contributed by atoms with Crippen LogP contribution in [0.4, 0.5) is 5.69 Å². The van der Waals surface area contributed by atoms with E-state index in [0.717, 1.165) is 28.3 Å². The number of fused-ring (bicyclic) bond motifs is 1. The summed E-state index contributed by atoms with van der Waals surface area (Å²) >= 11 is 0. The van der Waals surface area contributed by atoms with E-state index in [4.69, 9.17) is 8.83 Å². The van der Waals surface area contributed by atoms with Crippen molar-refractivity contribution >= 4 is 17.5 Å². The van der Waals surface area contributed by atoms with E-state index in [9.17, 15) is 9.59 Å². The van der Waals surface area contributed by atoms with Gasteiger partial charge in [0, 0.05) is 42.7 Å². The molecule has 0 saturated carbocycles. The van der Waals surface area contributed by atoms with Gasteiger partial charge in [-0.2, -0.15) is 0 Å². The van der Waals surface area contributed by atoms with E-state index in [1.54, 1.807) is 17.0 Å². The second-order valence-corrected chi connectivity index (χ2v) is 8.88. The number of hydrogen-bond donors (Lipinski definition) is 1. The molecule has 1 aliphatic heterocycles. The molecular weight excluding hydrogens is 380 g/mol. The predicted molar refractivity (Wildman–Crippen MR) is 114 cm³/mol. The van der Waals surface area contributed by atoms with Crippen molar-refractivity contribution in [1.29, 1.82) is 0 Å². The van der Waals surface area contributed by atoms with Gasteiger partial charge in [-0.3, -0.25) is 9.59 Å². The standard InChI is InChI=1S/C24H26N2O4/c1-24(2,3)14-22(27)25-18-7-4-6-16(12-18)21-13-17-15-26(10-9-19(17)30-21)23(28)20-8-5-11-29-20/h4-8,11-13H,9-10,14-15H2,1-3H3,(H,25,27). The van der Waals surface area contributed by atoms with Gasteiger partial charge >= 0.3 is 0 Å². The van der Waals surface area contributed by atoms with Crippen LogP contribution in [0.3, 0.4) is 0 Å². The molecule has 1 N–H and O–H groups in total. The molecule has 0 spiro atoms. The van der Waals surface area contributed by atoms with Crippen molar-refractivity contribution in [1.82, 2.24) is 4.90 Å². The third-order valence-corrected chi connectivity index (χ3v) is 5.01. The lowest BCUT2D eigenvalue weighted by atomic mass is 9.92. The molecular formula is C24H26N2O4. The van der Waals surface area contributed by atoms with Crippen LogP contribution in [0.2, 0.25) is 0 Å². The second kappa shape index (κ2) is 7.86. The average Bonchev–Trinajstić information content (AvgIpc) is 3.35. The van der Waals surface area contributed by atoms with Crippen LogP contribution in [0, 0.1) is 5.41 Å². The minimum atomic E-state index is -0.114. The molecule has 6 nitrogen and oxygen atoms in total. The van der Waals surface area contributed by atoms with Crippen LogP contribution in [-0.2, 0) is 17.8 Å². The lowest BCUT2D eigenvalue weighted by Gasteiger charge is -2.25. The minimum absolute atomic E-state index is 0.00882. The largest absolute Gasteiger partial charge is 0.461 e. The molecule has 0 bridgehead atoms. The molecule has 0 aliphatic carbocycles. The lowest BCUT2D eigenvalue weighted by Crippen LogP contribution is -2.35. The second-order valence-electron chi connectivity index (χ2n) is 8.88. The van der Waals surface area contributed by atoms with Crippen LogP contribution in [0.1, 0.15) is 49.1 Å². The number of furan rings is 2. The molecule has 2 aromatic heterocycles. The average molecular weight is 406 g/mol. The minimum Gasteiger partial charge on any atom is -0.461 e. The summed E-state index contributed by atoms with van der Waals surface area (Å²) in [7, 11) is 0. The van der Waals surface area contributed by atoms with E-state index in [1.807, 2.05) is 51.1 Å². The topological polar surface area (TPSA) is 75.7 Å². The molecule has 0 radical (unpaired) electrons. The Labute approximate surface area is 175 Å². The molecule has 0 saturated heterocycles. The Morgan fingerprint density at radius 2 is 1.97 bits per heavy atom. The van der Waals surface area contributed by atoms with Gasteiger partial charge in [-0.25, -0.2) is 0 Å². The van der Waals surface area contributed by atoms with Crippen molar-refractivity contribution in [3.63, 3.8) is 0 Å². The van der Waals surface area contributed by atoms with Gasteiger partial charge < -0.3 is 19.1 Å². The fraction of sp³-hybridized carbons (Fsp3) is 0.333. The number of rotatable bonds is 4. The van der Waals surface area contributed by atoms with Crippen molar-refractivity contribution in [3.05, 3.63) is 65.8 Å². The molecule has 30 heavy (non-hydrogen) atoms. The van der Waals surface area contributed by atoms with Gasteiger partial charge in [-0.05, 0) is 35.7 Å². The molecule has 3 aromatic rings. The first kappa shape index (κ1) is 20.0. The zero-order chi connectivity index (χ0) is 21.3. The highest BCUT2D eigenvalue weighted by Gasteiger charge is 2.26. The van der Waals surface area contributed by atoms with Crippen LogP contribution in [0.5, 0.6) is 0 Å². The molecule has 0 fully saturated rings. The van der Waals surface area contributed by atoms with E-state index in [2.05, 4.69) is 5.32 Å². The van der Waals surface area contributed by atoms with E-state index in [0.29, 0.717) is 31.7 Å². The van der Waals surface area contributed by atoms with E-state index >= 15 is 0 Å². The van der Waals surface area contributed by atoms with E-state index in [1.165, 1.54) is 6.26 Å². The molecule has 2 amide bonds. The Balaban J connectivity index is 1.49. The maximum absolute atomic E-state index is 12.6. The molecule has 3 heterocycles. The van der Waals surface area contributed by atoms with Crippen molar-refractivity contribution < 1.29 is 18.4 Å². The SMILES string of the molecule is CC(C)(C)CC(=O)Nc1cccc(-c2cc3c(o2)CCN(C(=O)c2ccco2)C3)c1. The number of carbonyl (C=O) groups excluding carboxylic acids is 2. The molecule has 0 atom stereocenters. The monoisotopic (exact) mass is 406 g/mol. The quantitative estimate of drug-likeness (QED) is 0.653. The number of amides is 2. The number of nitrogens with zero attached hydrogens (tertiary/aromatic N) is 1. The molecule has 1 aromatic carbocycles. The summed E-state index contributed by atoms with van der Waals surface area (Å²) in [5, 5.41) is 2.96. The fourth-order valence-electron chi connectivity index (χ4n) is 3.64. The Hall–Kier alpha value is -3.28. The summed E-state index contributed by atoms with van der Waals surface area (Å²) in [5.41, 5.74) is 2.56. The molecule has 4 rings (SSSR count). The highest BCUT2D eigenvalue weighted by Crippen LogP contribution is 2.31. The Kier molecular flexibility index (Phi) is 5.24. The fourth-order valence-corrected chi connectivity index (χ4v) is 3.64. The van der Waals surface area contributed by atoms with Crippen LogP contribution in [0.15, 0.2) is 57.6 Å². The number of nitrogens with one attached hydrogen (secondary N) is 1. The van der Waals surface area contributed by atoms with Crippen molar-refractivity contribution in [3.8, 4) is 11.3 Å². The Morgan fingerprint density at radius 1 is 1.13 bits per heavy atom. The predicted octanol–water partition coefficient (Wildman–Crippen LogP) is 5.11. The molecule has 156 valence electrons. The first-order valence-corrected chi connectivity index (χ1v) is 10.1. The lowest BCUT2D eigenvalue weighted by molar-refractivity contribution is -0.117. The van der Waals surface area contributed by atoms with Crippen molar-refractivity contribution in [2.75, 3.05) is 11.9 Å². The number of carbonyl (C=O) groups is 2. The summed E-state index contributed by atoms with van der Waals surface area (Å²) < 4.78 is 11.3. The van der Waals surface area contributed by atoms with E-state index < -0.39 is 0 Å². The van der Waals surface area contributed by atoms with Crippen LogP contribution in [0.25, 0.3) is 11.3 Å². The third kappa shape index (κ3) is 4.48. The van der Waals surface area contributed by atoms with Gasteiger partial charge in [0.15, 0.2) is 5.76 Å². The third-order valence-electron chi connectivity index (χ3n) is 5.01.